The van der Waals surface area contributed by atoms with Crippen LogP contribution in [-0.4, -0.2) is 154 Å². The molecule has 0 aromatic rings. The highest BCUT2D eigenvalue weighted by Gasteiger charge is 2.50. The van der Waals surface area contributed by atoms with E-state index in [-0.39, 0.29) is 44.4 Å². The zero-order chi connectivity index (χ0) is 47.6. The van der Waals surface area contributed by atoms with Crippen molar-refractivity contribution in [1.29, 1.82) is 0 Å². The first-order valence-corrected chi connectivity index (χ1v) is 22.2. The molecule has 12 N–H and O–H groups in total. The molecule has 17 nitrogen and oxygen atoms in total. The van der Waals surface area contributed by atoms with Crippen molar-refractivity contribution in [2.75, 3.05) is 0 Å². The number of aliphatic hydroxyl groups excluding tert-OH is 8. The molecule has 0 amide bonds. The number of carbonyl (C=O) groups is 2. The molecule has 2 fully saturated rings. The highest BCUT2D eigenvalue weighted by molar-refractivity contribution is 5.71. The summed E-state index contributed by atoms with van der Waals surface area (Å²) in [5.41, 5.74) is 6.03. The number of carbonyl (C=O) groups excluding carboxylic acids is 1. The minimum atomic E-state index is -2.18. The number of hydrogen-bond donors (Lipinski definition) is 11. The van der Waals surface area contributed by atoms with Crippen molar-refractivity contribution in [1.82, 2.24) is 0 Å². The van der Waals surface area contributed by atoms with Crippen LogP contribution in [0.5, 0.6) is 0 Å². The number of nitrogens with two attached hydrogens (primary N) is 1. The summed E-state index contributed by atoms with van der Waals surface area (Å²) in [4.78, 5) is 25.1. The number of allylic oxidation sites excluding steroid dienone is 12. The van der Waals surface area contributed by atoms with E-state index in [1.807, 2.05) is 43.4 Å². The second-order valence-electron chi connectivity index (χ2n) is 17.4. The molecule has 2 saturated heterocycles. The van der Waals surface area contributed by atoms with Crippen LogP contribution < -0.4 is 5.73 Å². The van der Waals surface area contributed by atoms with Gasteiger partial charge in [0.1, 0.15) is 18.1 Å². The number of cyclic esters (lactones) is 1. The first-order chi connectivity index (χ1) is 30.2. The van der Waals surface area contributed by atoms with Crippen LogP contribution in [0.25, 0.3) is 0 Å². The summed E-state index contributed by atoms with van der Waals surface area (Å²) in [5.74, 6) is -6.51. The average molecular weight is 908 g/mol. The van der Waals surface area contributed by atoms with Crippen LogP contribution >= 0.6 is 0 Å². The summed E-state index contributed by atoms with van der Waals surface area (Å²) in [6, 6.07) is -1.12. The molecule has 0 aromatic heterocycles. The third-order valence-electron chi connectivity index (χ3n) is 11.9. The van der Waals surface area contributed by atoms with E-state index in [4.69, 9.17) is 24.7 Å². The predicted molar refractivity (Wildman–Crippen MR) is 236 cm³/mol. The largest absolute Gasteiger partial charge is 0.481 e. The van der Waals surface area contributed by atoms with Crippen LogP contribution in [0, 0.1) is 17.8 Å². The topological polar surface area (TPSA) is 299 Å². The van der Waals surface area contributed by atoms with Crippen LogP contribution in [0.2, 0.25) is 0 Å². The van der Waals surface area contributed by atoms with Gasteiger partial charge < -0.3 is 75.7 Å². The van der Waals surface area contributed by atoms with E-state index in [9.17, 15) is 60.7 Å². The third kappa shape index (κ3) is 18.5. The Balaban J connectivity index is 1.83. The highest BCUT2D eigenvalue weighted by Crippen LogP contribution is 2.38. The average Bonchev–Trinajstić information content (AvgIpc) is 3.20. The lowest BCUT2D eigenvalue weighted by Crippen LogP contribution is -2.61. The van der Waals surface area contributed by atoms with E-state index in [1.54, 1.807) is 69.4 Å². The molecule has 10 unspecified atom stereocenters. The van der Waals surface area contributed by atoms with Gasteiger partial charge in [0.25, 0.3) is 0 Å². The Morgan fingerprint density at radius 3 is 1.83 bits per heavy atom. The number of aliphatic hydroxyl groups is 9. The smallest absolute Gasteiger partial charge is 0.311 e. The van der Waals surface area contributed by atoms with E-state index < -0.39 is 134 Å². The number of rotatable bonds is 3. The van der Waals surface area contributed by atoms with Crippen molar-refractivity contribution >= 4 is 11.9 Å². The van der Waals surface area contributed by atoms with Gasteiger partial charge in [-0.15, -0.1) is 0 Å². The second kappa shape index (κ2) is 27.3. The number of aliphatic carboxylic acids is 1. The van der Waals surface area contributed by atoms with E-state index in [0.717, 1.165) is 0 Å². The van der Waals surface area contributed by atoms with Crippen LogP contribution in [0.3, 0.4) is 0 Å². The predicted octanol–water partition coefficient (Wildman–Crippen LogP) is 1.74. The fourth-order valence-electron chi connectivity index (χ4n) is 8.00. The Kier molecular flexibility index (Phi) is 23.4. The molecule has 18 atom stereocenters. The van der Waals surface area contributed by atoms with Crippen LogP contribution in [0.4, 0.5) is 0 Å². The van der Waals surface area contributed by atoms with Gasteiger partial charge >= 0.3 is 11.9 Å². The number of esters is 1. The van der Waals surface area contributed by atoms with Crippen LogP contribution in [0.15, 0.2) is 85.1 Å². The molecule has 64 heavy (non-hydrogen) atoms. The Morgan fingerprint density at radius 1 is 0.688 bits per heavy atom. The van der Waals surface area contributed by atoms with Gasteiger partial charge in [0.2, 0.25) is 0 Å². The van der Waals surface area contributed by atoms with Gasteiger partial charge in [-0.2, -0.15) is 0 Å². The molecular weight excluding hydrogens is 835 g/mol. The van der Waals surface area contributed by atoms with Gasteiger partial charge in [-0.1, -0.05) is 98.9 Å². The lowest BCUT2D eigenvalue weighted by Gasteiger charge is -2.45. The van der Waals surface area contributed by atoms with E-state index in [1.165, 1.54) is 0 Å². The number of carboxylic acid groups (broad SMARTS) is 1. The van der Waals surface area contributed by atoms with Crippen LogP contribution in [0.1, 0.15) is 85.5 Å². The minimum absolute atomic E-state index is 0.0524. The fraction of sp³-hybridized carbons (Fsp3) is 0.660. The van der Waals surface area contributed by atoms with Gasteiger partial charge in [0.15, 0.2) is 12.1 Å². The van der Waals surface area contributed by atoms with Crippen molar-refractivity contribution < 1.29 is 79.6 Å². The summed E-state index contributed by atoms with van der Waals surface area (Å²) in [6.45, 7) is 6.81. The molecule has 17 heteroatoms. The fourth-order valence-corrected chi connectivity index (χ4v) is 8.00. The molecule has 3 rings (SSSR count). The summed E-state index contributed by atoms with van der Waals surface area (Å²) in [5, 5.41) is 107. The summed E-state index contributed by atoms with van der Waals surface area (Å²) in [7, 11) is 0. The zero-order valence-corrected chi connectivity index (χ0v) is 37.3. The zero-order valence-electron chi connectivity index (χ0n) is 37.3. The molecule has 2 bridgehead atoms. The Morgan fingerprint density at radius 2 is 1.23 bits per heavy atom. The molecule has 0 spiro atoms. The Hall–Kier alpha value is -3.40. The van der Waals surface area contributed by atoms with Gasteiger partial charge in [0, 0.05) is 31.1 Å². The molecule has 0 saturated carbocycles. The first kappa shape index (κ1) is 54.9. The summed E-state index contributed by atoms with van der Waals surface area (Å²) >= 11 is 0. The lowest BCUT2D eigenvalue weighted by atomic mass is 9.83. The van der Waals surface area contributed by atoms with Crippen LogP contribution in [-0.2, 0) is 28.5 Å². The summed E-state index contributed by atoms with van der Waals surface area (Å²) < 4.78 is 23.2. The molecule has 3 aliphatic rings. The van der Waals surface area contributed by atoms with Gasteiger partial charge in [-0.05, 0) is 46.0 Å². The van der Waals surface area contributed by atoms with Crippen molar-refractivity contribution in [3.63, 3.8) is 0 Å². The molecule has 0 radical (unpaired) electrons. The van der Waals surface area contributed by atoms with Gasteiger partial charge in [-0.3, -0.25) is 9.59 Å². The summed E-state index contributed by atoms with van der Waals surface area (Å²) in [6.07, 6.45) is 7.94. The minimum Gasteiger partial charge on any atom is -0.481 e. The first-order valence-electron chi connectivity index (χ1n) is 22.2. The van der Waals surface area contributed by atoms with E-state index in [0.29, 0.717) is 0 Å². The molecule has 0 aliphatic carbocycles. The maximum atomic E-state index is 12.6. The molecule has 3 aliphatic heterocycles. The standard InChI is InChI=1S/C47H73NO16/c1-28-18-15-13-11-9-7-5-6-8-10-12-14-16-21-36(63-46-44(57)41(48)43(56)31(4)62-46)25-38-40(45(58)59)37(53)27-47(60,64-38)26-33(50)20-17-19-32(49)22-34(51)23-35(52)24-39(54)61-30(3)29(2)42(28)55/h5-16,18,21,28-38,40-44,46,49-53,55-57,60H,17,19-20,22-27,48H2,1-4H3,(H,58,59)/b6-5+,9-7+,10-8+,13-11+,14-12+,18-15+,21-16+/t28-,29-,30-,31?,32?,33-,34?,35+,36?,37-,38?,40+,41?,42+,43?,44?,46?,47?/m0/s1. The SMILES string of the molecule is CC1OC(OC2/C=C/C=C/C=C/C=C/C=C/C=C/C=C/[C@H](C)[C@@H](O)[C@@H](C)[C@H](C)OC(=O)C[C@H](O)CC(O)CC(O)CCC[C@H](O)CC3(O)C[C@H](O)[C@@H](C(=O)O)C(C2)O3)C(O)C(N)C1O. The molecule has 0 aromatic carbocycles. The number of carboxylic acids is 1. The quantitative estimate of drug-likeness (QED) is 0.180. The normalized spacial score (nSPS) is 44.8. The highest BCUT2D eigenvalue weighted by atomic mass is 16.7. The maximum Gasteiger partial charge on any atom is 0.311 e. The van der Waals surface area contributed by atoms with E-state index in [2.05, 4.69) is 0 Å². The molecule has 362 valence electrons. The van der Waals surface area contributed by atoms with Crippen molar-refractivity contribution in [3.05, 3.63) is 85.1 Å². The van der Waals surface area contributed by atoms with Crippen molar-refractivity contribution in [2.45, 2.75) is 177 Å². The second-order valence-corrected chi connectivity index (χ2v) is 17.4. The van der Waals surface area contributed by atoms with Crippen molar-refractivity contribution in [2.24, 2.45) is 23.5 Å². The third-order valence-corrected chi connectivity index (χ3v) is 11.9. The monoisotopic (exact) mass is 907 g/mol. The van der Waals surface area contributed by atoms with Gasteiger partial charge in [0.05, 0.1) is 73.5 Å². The number of hydrogen-bond acceptors (Lipinski definition) is 16. The number of fused-ring (bicyclic) bond motifs is 2. The Labute approximate surface area is 376 Å². The molecule has 3 heterocycles. The van der Waals surface area contributed by atoms with Crippen molar-refractivity contribution in [3.8, 4) is 0 Å². The Bertz CT molecular complexity index is 1630. The van der Waals surface area contributed by atoms with E-state index >= 15 is 0 Å². The molecular formula is C47H73NO16. The maximum absolute atomic E-state index is 12.6. The van der Waals surface area contributed by atoms with Gasteiger partial charge in [-0.25, -0.2) is 0 Å². The number of ether oxygens (including phenoxy) is 4. The lowest BCUT2D eigenvalue weighted by molar-refractivity contribution is -0.308.